The van der Waals surface area contributed by atoms with Crippen LogP contribution in [0.2, 0.25) is 0 Å². The van der Waals surface area contributed by atoms with E-state index in [1.54, 1.807) is 0 Å². The van der Waals surface area contributed by atoms with E-state index < -0.39 is 11.9 Å². The zero-order valence-corrected chi connectivity index (χ0v) is 20.3. The van der Waals surface area contributed by atoms with Crippen molar-refractivity contribution >= 4 is 35.2 Å². The normalized spacial score (nSPS) is 12.9. The van der Waals surface area contributed by atoms with Gasteiger partial charge >= 0.3 is 0 Å². The second-order valence-electron chi connectivity index (χ2n) is 9.27. The van der Waals surface area contributed by atoms with Gasteiger partial charge in [-0.2, -0.15) is 12.6 Å². The molecule has 0 unspecified atom stereocenters. The number of rotatable bonds is 11. The quantitative estimate of drug-likeness (QED) is 0.311. The molecule has 5 heteroatoms. The number of hydrogen-bond donors (Lipinski definition) is 2. The number of fused-ring (bicyclic) bond motifs is 1. The van der Waals surface area contributed by atoms with Crippen LogP contribution in [0, 0.1) is 11.8 Å². The predicted octanol–water partition coefficient (Wildman–Crippen LogP) is 4.60. The molecule has 0 radical (unpaired) electrons. The molecule has 182 valence electrons. The molecule has 0 saturated carbocycles. The lowest BCUT2D eigenvalue weighted by Crippen LogP contribution is -2.62. The van der Waals surface area contributed by atoms with Crippen molar-refractivity contribution in [2.24, 2.45) is 11.8 Å². The maximum absolute atomic E-state index is 13.4. The third-order valence-corrected chi connectivity index (χ3v) is 6.60. The molecule has 34 heavy (non-hydrogen) atoms. The minimum absolute atomic E-state index is 0. The van der Waals surface area contributed by atoms with Gasteiger partial charge in [-0.25, -0.2) is 0 Å². The molecule has 4 nitrogen and oxygen atoms in total. The van der Waals surface area contributed by atoms with E-state index in [1.165, 1.54) is 0 Å². The Bertz CT molecular complexity index is 1120. The number of quaternary nitrogens is 1. The molecule has 3 N–H and O–H groups in total. The Hall–Kier alpha value is -2.63. The maximum atomic E-state index is 13.4. The fourth-order valence-corrected chi connectivity index (χ4v) is 4.48. The van der Waals surface area contributed by atoms with Crippen LogP contribution in [-0.2, 0) is 11.2 Å². The smallest absolute Gasteiger partial charge is 0.164 e. The third kappa shape index (κ3) is 6.94. The summed E-state index contributed by atoms with van der Waals surface area (Å²) in [6.07, 6.45) is 2.12. The van der Waals surface area contributed by atoms with E-state index in [2.05, 4.69) is 42.6 Å². The van der Waals surface area contributed by atoms with Crippen molar-refractivity contribution in [1.82, 2.24) is 0 Å². The average molecular weight is 480 g/mol. The lowest BCUT2D eigenvalue weighted by Gasteiger charge is -2.20. The van der Waals surface area contributed by atoms with E-state index in [1.807, 2.05) is 50.2 Å². The molecule has 0 aliphatic carbocycles. The van der Waals surface area contributed by atoms with Gasteiger partial charge in [-0.3, -0.25) is 4.79 Å². The van der Waals surface area contributed by atoms with Crippen molar-refractivity contribution in [3.05, 3.63) is 71.8 Å². The van der Waals surface area contributed by atoms with Gasteiger partial charge in [0.1, 0.15) is 0 Å². The first-order valence-electron chi connectivity index (χ1n) is 11.6. The van der Waals surface area contributed by atoms with Crippen molar-refractivity contribution in [2.75, 3.05) is 5.75 Å². The summed E-state index contributed by atoms with van der Waals surface area (Å²) in [7, 11) is 0. The zero-order chi connectivity index (χ0) is 24.0. The highest BCUT2D eigenvalue weighted by molar-refractivity contribution is 7.80. The molecule has 3 aromatic carbocycles. The number of aryl methyl sites for hydroxylation is 1. The highest BCUT2D eigenvalue weighted by Crippen LogP contribution is 2.33. The Morgan fingerprint density at radius 1 is 1.00 bits per heavy atom. The fraction of sp³-hybridized carbons (Fsp3) is 0.379. The minimum atomic E-state index is -1.16. The third-order valence-electron chi connectivity index (χ3n) is 6.08. The lowest BCUT2D eigenvalue weighted by atomic mass is 9.86. The topological polar surface area (TPSA) is 84.8 Å². The van der Waals surface area contributed by atoms with Gasteiger partial charge in [0.2, 0.25) is 0 Å². The summed E-state index contributed by atoms with van der Waals surface area (Å²) in [5.41, 5.74) is 7.64. The number of hydrogen-bond acceptors (Lipinski definition) is 4. The monoisotopic (exact) mass is 479 g/mol. The predicted molar refractivity (Wildman–Crippen MR) is 142 cm³/mol. The Morgan fingerprint density at radius 3 is 2.38 bits per heavy atom. The van der Waals surface area contributed by atoms with E-state index in [0.29, 0.717) is 12.0 Å². The Labute approximate surface area is 209 Å². The second-order valence-corrected chi connectivity index (χ2v) is 9.63. The van der Waals surface area contributed by atoms with Gasteiger partial charge in [-0.15, -0.1) is 0 Å². The number of carbonyl (C=O) groups excluding carboxylic acids is 2. The second kappa shape index (κ2) is 12.7. The summed E-state index contributed by atoms with van der Waals surface area (Å²) in [5, 5.41) is 13.8. The molecular weight excluding hydrogens is 442 g/mol. The van der Waals surface area contributed by atoms with Crippen molar-refractivity contribution < 1.29 is 20.4 Å². The van der Waals surface area contributed by atoms with Crippen LogP contribution >= 0.6 is 12.6 Å². The molecule has 3 rings (SSSR count). The molecule has 0 aliphatic heterocycles. The number of carboxylic acid groups (broad SMARTS) is 1. The summed E-state index contributed by atoms with van der Waals surface area (Å²) in [4.78, 5) is 25.1. The number of benzene rings is 3. The van der Waals surface area contributed by atoms with Crippen LogP contribution in [0.25, 0.3) is 21.9 Å². The van der Waals surface area contributed by atoms with Crippen molar-refractivity contribution in [3.8, 4) is 11.1 Å². The summed E-state index contributed by atoms with van der Waals surface area (Å²) >= 11 is 4.33. The van der Waals surface area contributed by atoms with Crippen LogP contribution < -0.4 is 10.8 Å². The first kappa shape index (κ1) is 27.6. The minimum Gasteiger partial charge on any atom is -0.550 e. The zero-order valence-electron chi connectivity index (χ0n) is 19.4. The number of carbonyl (C=O) groups is 2. The van der Waals surface area contributed by atoms with E-state index in [9.17, 15) is 14.7 Å². The first-order valence-corrected chi connectivity index (χ1v) is 12.2. The summed E-state index contributed by atoms with van der Waals surface area (Å²) in [6.45, 7) is 3.91. The SMILES string of the molecule is C.CC(C)C[C@H](CC(=O)c1ccc(CC[C@@H]([NH3+])CS)cc1-c1cccc2ccccc12)C(=O)[O-]. The van der Waals surface area contributed by atoms with Gasteiger partial charge in [0.25, 0.3) is 0 Å². The average Bonchev–Trinajstić information content (AvgIpc) is 2.81. The van der Waals surface area contributed by atoms with E-state index in [0.717, 1.165) is 46.1 Å². The molecule has 0 heterocycles. The fourth-order valence-electron chi connectivity index (χ4n) is 4.30. The van der Waals surface area contributed by atoms with Gasteiger partial charge < -0.3 is 15.6 Å². The van der Waals surface area contributed by atoms with Crippen molar-refractivity contribution in [2.45, 2.75) is 53.0 Å². The number of ketones is 1. The Kier molecular flexibility index (Phi) is 10.3. The molecule has 0 aromatic heterocycles. The standard InChI is InChI=1S/C28H33NO3S.CH4/c1-18(2)14-21(28(31)32)16-27(30)25-13-11-19(10-12-22(29)17-33)15-26(25)24-9-5-7-20-6-3-4-8-23(20)24;/h3-9,11,13,15,18,21-22,33H,10,12,14,16-17,29H2,1-2H3,(H,31,32);1H4/t21-,22-;/m1./s1. The molecule has 3 aromatic rings. The summed E-state index contributed by atoms with van der Waals surface area (Å²) in [5.74, 6) is -1.21. The van der Waals surface area contributed by atoms with Crippen LogP contribution in [0.3, 0.4) is 0 Å². The molecule has 0 saturated heterocycles. The number of thiol groups is 1. The van der Waals surface area contributed by atoms with Crippen LogP contribution in [0.1, 0.15) is 56.5 Å². The lowest BCUT2D eigenvalue weighted by molar-refractivity contribution is -0.413. The summed E-state index contributed by atoms with van der Waals surface area (Å²) < 4.78 is 0. The van der Waals surface area contributed by atoms with E-state index in [4.69, 9.17) is 0 Å². The van der Waals surface area contributed by atoms with Crippen LogP contribution in [0.15, 0.2) is 60.7 Å². The number of aliphatic carboxylic acids is 1. The highest BCUT2D eigenvalue weighted by Gasteiger charge is 2.21. The molecule has 0 aliphatic rings. The van der Waals surface area contributed by atoms with Gasteiger partial charge in [-0.05, 0) is 46.2 Å². The molecule has 0 amide bonds. The number of Topliss-reactive ketones (excluding diaryl/α,β-unsaturated/α-hetero) is 1. The first-order chi connectivity index (χ1) is 15.8. The van der Waals surface area contributed by atoms with Gasteiger partial charge in [0.15, 0.2) is 5.78 Å². The molecule has 0 spiro atoms. The van der Waals surface area contributed by atoms with Gasteiger partial charge in [-0.1, -0.05) is 81.9 Å². The molecule has 2 atom stereocenters. The molecule has 0 fully saturated rings. The van der Waals surface area contributed by atoms with Crippen molar-refractivity contribution in [1.29, 1.82) is 0 Å². The van der Waals surface area contributed by atoms with Crippen molar-refractivity contribution in [3.63, 3.8) is 0 Å². The molecular formula is C29H37NO3S. The van der Waals surface area contributed by atoms with Gasteiger partial charge in [0.05, 0.1) is 6.04 Å². The Balaban J connectivity index is 0.00000408. The van der Waals surface area contributed by atoms with Crippen LogP contribution in [0.4, 0.5) is 0 Å². The Morgan fingerprint density at radius 2 is 1.71 bits per heavy atom. The molecule has 0 bridgehead atoms. The van der Waals surface area contributed by atoms with Crippen LogP contribution in [-0.4, -0.2) is 23.5 Å². The number of carboxylic acids is 1. The van der Waals surface area contributed by atoms with E-state index >= 15 is 0 Å². The van der Waals surface area contributed by atoms with Gasteiger partial charge in [0, 0.05) is 36.0 Å². The van der Waals surface area contributed by atoms with Crippen LogP contribution in [0.5, 0.6) is 0 Å². The largest absolute Gasteiger partial charge is 0.550 e. The highest BCUT2D eigenvalue weighted by atomic mass is 32.1. The van der Waals surface area contributed by atoms with E-state index in [-0.39, 0.29) is 31.6 Å². The maximum Gasteiger partial charge on any atom is 0.164 e. The summed E-state index contributed by atoms with van der Waals surface area (Å²) in [6, 6.07) is 20.3.